The Morgan fingerprint density at radius 2 is 2.29 bits per heavy atom. The Bertz CT molecular complexity index is 400. The lowest BCUT2D eigenvalue weighted by Crippen LogP contribution is -2.21. The molecule has 74 valence electrons. The third kappa shape index (κ3) is 2.23. The molecule has 8 nitrogen and oxygen atoms in total. The van der Waals surface area contributed by atoms with E-state index in [-0.39, 0.29) is 10.1 Å². The molecule has 1 heterocycles. The highest BCUT2D eigenvalue weighted by molar-refractivity contribution is 7.18. The van der Waals surface area contributed by atoms with E-state index in [2.05, 4.69) is 4.98 Å². The number of nitrogens with zero attached hydrogens (tertiary/aromatic N) is 2. The zero-order valence-corrected chi connectivity index (χ0v) is 7.28. The van der Waals surface area contributed by atoms with E-state index in [0.717, 1.165) is 6.20 Å². The summed E-state index contributed by atoms with van der Waals surface area (Å²) in [5, 5.41) is 19.9. The summed E-state index contributed by atoms with van der Waals surface area (Å²) < 4.78 is 0. The molecule has 0 aliphatic carbocycles. The molecule has 0 saturated heterocycles. The Morgan fingerprint density at radius 3 is 2.71 bits per heavy atom. The number of thiazole rings is 1. The lowest BCUT2D eigenvalue weighted by molar-refractivity contribution is -0.380. The van der Waals surface area contributed by atoms with Crippen LogP contribution < -0.4 is 5.32 Å². The van der Waals surface area contributed by atoms with Crippen LogP contribution in [0.2, 0.25) is 0 Å². The molecule has 2 N–H and O–H groups in total. The van der Waals surface area contributed by atoms with Gasteiger partial charge in [-0.3, -0.25) is 20.2 Å². The minimum Gasteiger partial charge on any atom is -0.474 e. The van der Waals surface area contributed by atoms with Gasteiger partial charge in [0.05, 0.1) is 4.92 Å². The number of nitro groups is 1. The van der Waals surface area contributed by atoms with Crippen molar-refractivity contribution in [1.82, 2.24) is 4.98 Å². The van der Waals surface area contributed by atoms with Crippen molar-refractivity contribution < 1.29 is 19.6 Å². The van der Waals surface area contributed by atoms with E-state index in [1.807, 2.05) is 5.32 Å². The molecule has 0 aromatic carbocycles. The molecule has 0 aliphatic heterocycles. The zero-order valence-electron chi connectivity index (χ0n) is 6.46. The topological polar surface area (TPSA) is 122 Å². The predicted molar refractivity (Wildman–Crippen MR) is 45.0 cm³/mol. The summed E-state index contributed by atoms with van der Waals surface area (Å²) in [7, 11) is 0. The van der Waals surface area contributed by atoms with Crippen LogP contribution in [-0.2, 0) is 9.59 Å². The summed E-state index contributed by atoms with van der Waals surface area (Å²) in [5.41, 5.74) is 0. The van der Waals surface area contributed by atoms with Crippen LogP contribution in [0.4, 0.5) is 10.1 Å². The van der Waals surface area contributed by atoms with Crippen LogP contribution in [0.15, 0.2) is 6.20 Å². The van der Waals surface area contributed by atoms with Crippen molar-refractivity contribution in [1.29, 1.82) is 0 Å². The molecule has 0 bridgehead atoms. The number of nitrogens with one attached hydrogen (secondary N) is 1. The largest absolute Gasteiger partial charge is 0.474 e. The number of carboxylic acids is 1. The fourth-order valence-electron chi connectivity index (χ4n) is 0.558. The van der Waals surface area contributed by atoms with Crippen LogP contribution in [0.25, 0.3) is 0 Å². The van der Waals surface area contributed by atoms with Gasteiger partial charge in [-0.25, -0.2) is 9.78 Å². The number of amides is 1. The van der Waals surface area contributed by atoms with Crippen LogP contribution >= 0.6 is 11.3 Å². The Balaban J connectivity index is 2.74. The number of aromatic nitrogens is 1. The molecule has 14 heavy (non-hydrogen) atoms. The summed E-state index contributed by atoms with van der Waals surface area (Å²) >= 11 is 0.581. The van der Waals surface area contributed by atoms with Gasteiger partial charge in [-0.05, 0) is 11.3 Å². The first-order valence-corrected chi connectivity index (χ1v) is 3.97. The molecule has 0 aliphatic rings. The van der Waals surface area contributed by atoms with Gasteiger partial charge in [0.1, 0.15) is 6.20 Å². The Labute approximate surface area is 80.3 Å². The Kier molecular flexibility index (Phi) is 2.72. The number of hydrogen-bond acceptors (Lipinski definition) is 6. The second-order valence-electron chi connectivity index (χ2n) is 2.02. The quantitative estimate of drug-likeness (QED) is 0.410. The number of carbonyl (C=O) groups is 2. The molecule has 0 saturated carbocycles. The summed E-state index contributed by atoms with van der Waals surface area (Å²) in [5.74, 6) is -2.96. The summed E-state index contributed by atoms with van der Waals surface area (Å²) in [6.45, 7) is 0. The molecule has 0 spiro atoms. The maximum atomic E-state index is 10.6. The van der Waals surface area contributed by atoms with Crippen molar-refractivity contribution in [3.05, 3.63) is 16.3 Å². The van der Waals surface area contributed by atoms with Gasteiger partial charge < -0.3 is 5.11 Å². The Hall–Kier alpha value is -2.03. The molecular weight excluding hydrogens is 214 g/mol. The Morgan fingerprint density at radius 1 is 1.64 bits per heavy atom. The van der Waals surface area contributed by atoms with E-state index >= 15 is 0 Å². The first kappa shape index (κ1) is 10.1. The van der Waals surface area contributed by atoms with E-state index in [9.17, 15) is 19.7 Å². The third-order valence-corrected chi connectivity index (χ3v) is 1.95. The summed E-state index contributed by atoms with van der Waals surface area (Å²) in [6, 6.07) is 0. The van der Waals surface area contributed by atoms with E-state index in [4.69, 9.17) is 5.11 Å². The molecule has 1 aromatic heterocycles. The molecule has 1 rings (SSSR count). The SMILES string of the molecule is O=C(O)C(=O)Nc1ncc([N+](=O)[O-])s1. The predicted octanol–water partition coefficient (Wildman–Crippen LogP) is 0.0744. The number of rotatable bonds is 2. The minimum atomic E-state index is -1.68. The highest BCUT2D eigenvalue weighted by Gasteiger charge is 2.16. The minimum absolute atomic E-state index is 0.121. The molecule has 0 fully saturated rings. The summed E-state index contributed by atoms with van der Waals surface area (Å²) in [4.78, 5) is 33.6. The van der Waals surface area contributed by atoms with Gasteiger partial charge in [0, 0.05) is 0 Å². The second-order valence-corrected chi connectivity index (χ2v) is 3.03. The zero-order chi connectivity index (χ0) is 10.7. The van der Waals surface area contributed by atoms with Gasteiger partial charge in [-0.2, -0.15) is 0 Å². The van der Waals surface area contributed by atoms with Gasteiger partial charge in [0.25, 0.3) is 0 Å². The standard InChI is InChI=1S/C5H3N3O5S/c9-3(4(10)11)7-5-6-1-2(14-5)8(12)13/h1H,(H,10,11)(H,6,7,9). The number of anilines is 1. The van der Waals surface area contributed by atoms with Gasteiger partial charge in [-0.1, -0.05) is 0 Å². The highest BCUT2D eigenvalue weighted by Crippen LogP contribution is 2.24. The van der Waals surface area contributed by atoms with Crippen molar-refractivity contribution in [2.24, 2.45) is 0 Å². The average molecular weight is 217 g/mol. The molecule has 0 atom stereocenters. The lowest BCUT2D eigenvalue weighted by atomic mass is 10.6. The normalized spacial score (nSPS) is 9.43. The average Bonchev–Trinajstić information content (AvgIpc) is 2.52. The van der Waals surface area contributed by atoms with Crippen LogP contribution in [0, 0.1) is 10.1 Å². The van der Waals surface area contributed by atoms with Gasteiger partial charge >= 0.3 is 16.9 Å². The highest BCUT2D eigenvalue weighted by atomic mass is 32.1. The van der Waals surface area contributed by atoms with E-state index in [0.29, 0.717) is 11.3 Å². The summed E-state index contributed by atoms with van der Waals surface area (Å²) in [6.07, 6.45) is 0.933. The van der Waals surface area contributed by atoms with Gasteiger partial charge in [-0.15, -0.1) is 0 Å². The number of carbonyl (C=O) groups excluding carboxylic acids is 1. The van der Waals surface area contributed by atoms with Crippen LogP contribution in [0.5, 0.6) is 0 Å². The van der Waals surface area contributed by atoms with E-state index < -0.39 is 16.8 Å². The number of aliphatic carboxylic acids is 1. The second kappa shape index (κ2) is 3.79. The maximum absolute atomic E-state index is 10.6. The first-order valence-electron chi connectivity index (χ1n) is 3.15. The van der Waals surface area contributed by atoms with Crippen LogP contribution in [0.1, 0.15) is 0 Å². The van der Waals surface area contributed by atoms with Gasteiger partial charge in [0.15, 0.2) is 5.13 Å². The molecule has 0 radical (unpaired) electrons. The monoisotopic (exact) mass is 217 g/mol. The molecule has 1 aromatic rings. The molecule has 0 unspecified atom stereocenters. The maximum Gasteiger partial charge on any atom is 0.394 e. The van der Waals surface area contributed by atoms with Crippen LogP contribution in [0.3, 0.4) is 0 Å². The third-order valence-electron chi connectivity index (χ3n) is 1.09. The fourth-order valence-corrected chi connectivity index (χ4v) is 1.19. The first-order chi connectivity index (χ1) is 6.50. The molecule has 9 heteroatoms. The molecular formula is C5H3N3O5S. The van der Waals surface area contributed by atoms with Crippen molar-refractivity contribution in [2.75, 3.05) is 5.32 Å². The van der Waals surface area contributed by atoms with Crippen molar-refractivity contribution >= 4 is 33.3 Å². The van der Waals surface area contributed by atoms with Crippen molar-refractivity contribution in [3.8, 4) is 0 Å². The van der Waals surface area contributed by atoms with Crippen molar-refractivity contribution in [3.63, 3.8) is 0 Å². The van der Waals surface area contributed by atoms with E-state index in [1.165, 1.54) is 0 Å². The number of carboxylic acid groups (broad SMARTS) is 1. The van der Waals surface area contributed by atoms with E-state index in [1.54, 1.807) is 0 Å². The van der Waals surface area contributed by atoms with Crippen molar-refractivity contribution in [2.45, 2.75) is 0 Å². The molecule has 1 amide bonds. The van der Waals surface area contributed by atoms with Crippen LogP contribution in [-0.4, -0.2) is 26.9 Å². The number of hydrogen-bond donors (Lipinski definition) is 2. The fraction of sp³-hybridized carbons (Fsp3) is 0. The van der Waals surface area contributed by atoms with Gasteiger partial charge in [0.2, 0.25) is 0 Å². The smallest absolute Gasteiger partial charge is 0.394 e. The lowest BCUT2D eigenvalue weighted by Gasteiger charge is -1.92.